The maximum atomic E-state index is 5.33. The summed E-state index contributed by atoms with van der Waals surface area (Å²) < 4.78 is 10.6. The molecule has 3 aromatic rings. The van der Waals surface area contributed by atoms with Gasteiger partial charge >= 0.3 is 0 Å². The van der Waals surface area contributed by atoms with E-state index in [9.17, 15) is 0 Å². The number of aromatic nitrogens is 3. The molecule has 0 amide bonds. The summed E-state index contributed by atoms with van der Waals surface area (Å²) >= 11 is 0. The van der Waals surface area contributed by atoms with E-state index < -0.39 is 0 Å². The van der Waals surface area contributed by atoms with Crippen LogP contribution in [0, 0.1) is 5.92 Å². The summed E-state index contributed by atoms with van der Waals surface area (Å²) in [6.45, 7) is 3.65. The molecule has 1 aliphatic heterocycles. The van der Waals surface area contributed by atoms with Crippen LogP contribution < -0.4 is 5.32 Å². The van der Waals surface area contributed by atoms with Gasteiger partial charge in [-0.15, -0.1) is 0 Å². The lowest BCUT2D eigenvalue weighted by molar-refractivity contribution is 0.261. The van der Waals surface area contributed by atoms with Crippen LogP contribution in [0.15, 0.2) is 51.7 Å². The molecule has 4 rings (SSSR count). The minimum Gasteiger partial charge on any atom is -0.461 e. The number of likely N-dealkylation sites (tertiary alicyclic amines) is 1. The Morgan fingerprint density at radius 2 is 2.25 bits per heavy atom. The first-order chi connectivity index (χ1) is 11.9. The van der Waals surface area contributed by atoms with Crippen molar-refractivity contribution in [2.45, 2.75) is 13.0 Å². The van der Waals surface area contributed by atoms with Gasteiger partial charge in [0.25, 0.3) is 0 Å². The molecule has 1 aliphatic rings. The van der Waals surface area contributed by atoms with Crippen LogP contribution in [0.1, 0.15) is 12.3 Å². The van der Waals surface area contributed by atoms with E-state index in [-0.39, 0.29) is 0 Å². The van der Waals surface area contributed by atoms with Crippen LogP contribution >= 0.6 is 0 Å². The molecule has 4 heterocycles. The normalized spacial score (nSPS) is 18.1. The molecule has 1 N–H and O–H groups in total. The number of nitrogens with one attached hydrogen (secondary N) is 1. The molecule has 24 heavy (non-hydrogen) atoms. The highest BCUT2D eigenvalue weighted by molar-refractivity contribution is 5.44. The van der Waals surface area contributed by atoms with Crippen LogP contribution in [0.3, 0.4) is 0 Å². The van der Waals surface area contributed by atoms with Crippen molar-refractivity contribution in [3.8, 4) is 11.6 Å². The van der Waals surface area contributed by atoms with Gasteiger partial charge in [-0.2, -0.15) is 4.98 Å². The van der Waals surface area contributed by atoms with Gasteiger partial charge in [-0.3, -0.25) is 4.90 Å². The number of anilines is 1. The molecule has 1 fully saturated rings. The van der Waals surface area contributed by atoms with E-state index >= 15 is 0 Å². The maximum absolute atomic E-state index is 5.33. The Morgan fingerprint density at radius 3 is 3.08 bits per heavy atom. The molecule has 124 valence electrons. The molecule has 7 heteroatoms. The molecule has 7 nitrogen and oxygen atoms in total. The fourth-order valence-corrected chi connectivity index (χ4v) is 2.96. The minimum atomic E-state index is 0.502. The van der Waals surface area contributed by atoms with Gasteiger partial charge in [0.15, 0.2) is 5.76 Å². The highest BCUT2D eigenvalue weighted by Crippen LogP contribution is 2.20. The zero-order valence-corrected chi connectivity index (χ0v) is 13.3. The monoisotopic (exact) mass is 325 g/mol. The third-order valence-corrected chi connectivity index (χ3v) is 4.18. The van der Waals surface area contributed by atoms with E-state index in [4.69, 9.17) is 8.94 Å². The summed E-state index contributed by atoms with van der Waals surface area (Å²) in [5.74, 6) is 3.28. The van der Waals surface area contributed by atoms with Crippen molar-refractivity contribution in [3.63, 3.8) is 0 Å². The number of pyridine rings is 1. The van der Waals surface area contributed by atoms with E-state index in [0.29, 0.717) is 29.9 Å². The average Bonchev–Trinajstić information content (AvgIpc) is 3.36. The first-order valence-corrected chi connectivity index (χ1v) is 8.10. The summed E-state index contributed by atoms with van der Waals surface area (Å²) in [7, 11) is 0. The molecule has 1 saturated heterocycles. The molecule has 0 radical (unpaired) electrons. The first kappa shape index (κ1) is 14.9. The van der Waals surface area contributed by atoms with E-state index in [1.807, 2.05) is 30.3 Å². The number of hydrogen-bond acceptors (Lipinski definition) is 7. The Bertz CT molecular complexity index is 756. The highest BCUT2D eigenvalue weighted by atomic mass is 16.5. The van der Waals surface area contributed by atoms with Gasteiger partial charge in [0, 0.05) is 19.3 Å². The van der Waals surface area contributed by atoms with Crippen LogP contribution in [-0.4, -0.2) is 39.7 Å². The molecule has 0 aromatic carbocycles. The van der Waals surface area contributed by atoms with E-state index in [1.165, 1.54) is 0 Å². The van der Waals surface area contributed by atoms with E-state index in [2.05, 4.69) is 25.3 Å². The van der Waals surface area contributed by atoms with Crippen LogP contribution in [-0.2, 0) is 6.54 Å². The fourth-order valence-electron chi connectivity index (χ4n) is 2.96. The molecule has 3 aromatic heterocycles. The van der Waals surface area contributed by atoms with Crippen molar-refractivity contribution >= 4 is 5.82 Å². The van der Waals surface area contributed by atoms with Gasteiger partial charge in [0.1, 0.15) is 5.82 Å². The smallest absolute Gasteiger partial charge is 0.241 e. The molecule has 1 atom stereocenters. The summed E-state index contributed by atoms with van der Waals surface area (Å²) in [5.41, 5.74) is 0. The summed E-state index contributed by atoms with van der Waals surface area (Å²) in [4.78, 5) is 11.0. The predicted octanol–water partition coefficient (Wildman–Crippen LogP) is 2.66. The SMILES string of the molecule is c1ccc(NCC2CCN(Cc3nc(-c4ccco4)no3)C2)nc1. The second-order valence-electron chi connectivity index (χ2n) is 5.97. The van der Waals surface area contributed by atoms with Gasteiger partial charge in [0.05, 0.1) is 12.8 Å². The standard InChI is InChI=1S/C17H19N5O2/c1-2-7-18-15(5-1)19-10-13-6-8-22(11-13)12-16-20-17(21-24-16)14-4-3-9-23-14/h1-5,7,9,13H,6,8,10-12H2,(H,18,19). The summed E-state index contributed by atoms with van der Waals surface area (Å²) in [6.07, 6.45) is 4.56. The van der Waals surface area contributed by atoms with Crippen molar-refractivity contribution in [1.82, 2.24) is 20.0 Å². The van der Waals surface area contributed by atoms with Gasteiger partial charge in [0.2, 0.25) is 11.7 Å². The lowest BCUT2D eigenvalue weighted by atomic mass is 10.1. The molecule has 0 bridgehead atoms. The Kier molecular flexibility index (Phi) is 4.24. The van der Waals surface area contributed by atoms with E-state index in [1.54, 1.807) is 12.5 Å². The second-order valence-corrected chi connectivity index (χ2v) is 5.97. The second kappa shape index (κ2) is 6.84. The predicted molar refractivity (Wildman–Crippen MR) is 88.1 cm³/mol. The maximum Gasteiger partial charge on any atom is 0.241 e. The van der Waals surface area contributed by atoms with E-state index in [0.717, 1.165) is 31.9 Å². The average molecular weight is 325 g/mol. The van der Waals surface area contributed by atoms with Gasteiger partial charge in [-0.05, 0) is 43.1 Å². The quantitative estimate of drug-likeness (QED) is 0.746. The molecule has 1 unspecified atom stereocenters. The third-order valence-electron chi connectivity index (χ3n) is 4.18. The largest absolute Gasteiger partial charge is 0.461 e. The van der Waals surface area contributed by atoms with Crippen LogP contribution in [0.5, 0.6) is 0 Å². The van der Waals surface area contributed by atoms with Crippen LogP contribution in [0.2, 0.25) is 0 Å². The number of rotatable bonds is 6. The summed E-state index contributed by atoms with van der Waals surface area (Å²) in [6, 6.07) is 9.53. The highest BCUT2D eigenvalue weighted by Gasteiger charge is 2.24. The fraction of sp³-hybridized carbons (Fsp3) is 0.353. The number of hydrogen-bond donors (Lipinski definition) is 1. The Morgan fingerprint density at radius 1 is 1.25 bits per heavy atom. The number of nitrogens with zero attached hydrogens (tertiary/aromatic N) is 4. The zero-order valence-electron chi connectivity index (χ0n) is 13.3. The summed E-state index contributed by atoms with van der Waals surface area (Å²) in [5, 5.41) is 7.36. The molecular formula is C17H19N5O2. The molecule has 0 aliphatic carbocycles. The Labute approximate surface area is 139 Å². The Hall–Kier alpha value is -2.67. The van der Waals surface area contributed by atoms with Gasteiger partial charge in [-0.25, -0.2) is 4.98 Å². The van der Waals surface area contributed by atoms with Crippen LogP contribution in [0.25, 0.3) is 11.6 Å². The topological polar surface area (TPSA) is 80.2 Å². The van der Waals surface area contributed by atoms with Crippen molar-refractivity contribution in [2.24, 2.45) is 5.92 Å². The third kappa shape index (κ3) is 3.46. The van der Waals surface area contributed by atoms with Crippen molar-refractivity contribution in [1.29, 1.82) is 0 Å². The van der Waals surface area contributed by atoms with Crippen molar-refractivity contribution in [3.05, 3.63) is 48.7 Å². The minimum absolute atomic E-state index is 0.502. The van der Waals surface area contributed by atoms with Crippen LogP contribution in [0.4, 0.5) is 5.82 Å². The van der Waals surface area contributed by atoms with Gasteiger partial charge < -0.3 is 14.3 Å². The first-order valence-electron chi connectivity index (χ1n) is 8.10. The molecule has 0 saturated carbocycles. The van der Waals surface area contributed by atoms with Crippen molar-refractivity contribution < 1.29 is 8.94 Å². The zero-order chi connectivity index (χ0) is 16.2. The lowest BCUT2D eigenvalue weighted by Crippen LogP contribution is -2.23. The number of furan rings is 1. The Balaban J connectivity index is 1.28. The lowest BCUT2D eigenvalue weighted by Gasteiger charge is -2.14. The van der Waals surface area contributed by atoms with Crippen molar-refractivity contribution in [2.75, 3.05) is 25.0 Å². The molecular weight excluding hydrogens is 306 g/mol. The van der Waals surface area contributed by atoms with Gasteiger partial charge in [-0.1, -0.05) is 11.2 Å². The molecule has 0 spiro atoms.